The van der Waals surface area contributed by atoms with E-state index in [-0.39, 0.29) is 6.09 Å². The van der Waals surface area contributed by atoms with Crippen molar-refractivity contribution >= 4 is 17.9 Å². The zero-order chi connectivity index (χ0) is 19.0. The molecule has 1 unspecified atom stereocenters. The highest BCUT2D eigenvalue weighted by Gasteiger charge is 2.27. The summed E-state index contributed by atoms with van der Waals surface area (Å²) in [6.07, 6.45) is 9.47. The van der Waals surface area contributed by atoms with Gasteiger partial charge >= 0.3 is 6.09 Å². The third-order valence-corrected chi connectivity index (χ3v) is 4.97. The summed E-state index contributed by atoms with van der Waals surface area (Å²) in [4.78, 5) is 22.7. The summed E-state index contributed by atoms with van der Waals surface area (Å²) in [5.74, 6) is 0.526. The van der Waals surface area contributed by atoms with Crippen LogP contribution < -0.4 is 0 Å². The molecule has 146 valence electrons. The van der Waals surface area contributed by atoms with Gasteiger partial charge in [-0.25, -0.2) is 9.78 Å². The average molecular weight is 382 g/mol. The molecule has 1 aliphatic heterocycles. The number of thioether (sulfide) groups is 1. The Bertz CT molecular complexity index is 577. The van der Waals surface area contributed by atoms with E-state index in [4.69, 9.17) is 9.47 Å². The molecule has 0 saturated carbocycles. The highest BCUT2D eigenvalue weighted by molar-refractivity contribution is 7.98. The van der Waals surface area contributed by atoms with Crippen LogP contribution in [0.4, 0.5) is 4.79 Å². The first-order chi connectivity index (χ1) is 12.4. The molecular formula is C19H31N3O3S. The smallest absolute Gasteiger partial charge is 0.410 e. The van der Waals surface area contributed by atoms with Crippen molar-refractivity contribution in [1.29, 1.82) is 0 Å². The van der Waals surface area contributed by atoms with Crippen LogP contribution in [0.2, 0.25) is 0 Å². The first-order valence-corrected chi connectivity index (χ1v) is 10.5. The van der Waals surface area contributed by atoms with Gasteiger partial charge in [0.1, 0.15) is 10.6 Å². The minimum atomic E-state index is -0.437. The lowest BCUT2D eigenvalue weighted by Crippen LogP contribution is -2.42. The fourth-order valence-corrected chi connectivity index (χ4v) is 3.57. The van der Waals surface area contributed by atoms with Gasteiger partial charge in [-0.05, 0) is 58.6 Å². The molecule has 1 atom stereocenters. The number of carbonyl (C=O) groups is 1. The van der Waals surface area contributed by atoms with Gasteiger partial charge in [-0.15, -0.1) is 11.8 Å². The van der Waals surface area contributed by atoms with E-state index in [2.05, 4.69) is 9.97 Å². The Morgan fingerprint density at radius 1 is 1.35 bits per heavy atom. The van der Waals surface area contributed by atoms with Gasteiger partial charge in [0.25, 0.3) is 0 Å². The summed E-state index contributed by atoms with van der Waals surface area (Å²) < 4.78 is 11.3. The van der Waals surface area contributed by atoms with Gasteiger partial charge in [0, 0.05) is 32.1 Å². The van der Waals surface area contributed by atoms with Crippen molar-refractivity contribution < 1.29 is 14.3 Å². The molecule has 1 amide bonds. The van der Waals surface area contributed by atoms with Gasteiger partial charge in [0.05, 0.1) is 12.3 Å². The van der Waals surface area contributed by atoms with Crippen molar-refractivity contribution in [1.82, 2.24) is 14.9 Å². The van der Waals surface area contributed by atoms with Crippen LogP contribution in [0, 0.1) is 5.92 Å². The third-order valence-electron chi connectivity index (χ3n) is 4.24. The lowest BCUT2D eigenvalue weighted by atomic mass is 9.94. The van der Waals surface area contributed by atoms with Crippen molar-refractivity contribution in [2.75, 3.05) is 26.0 Å². The first-order valence-electron chi connectivity index (χ1n) is 9.28. The molecule has 1 aromatic rings. The average Bonchev–Trinajstić information content (AvgIpc) is 2.60. The number of amides is 1. The van der Waals surface area contributed by atoms with E-state index in [9.17, 15) is 4.79 Å². The second-order valence-corrected chi connectivity index (χ2v) is 8.44. The lowest BCUT2D eigenvalue weighted by Gasteiger charge is -2.34. The van der Waals surface area contributed by atoms with Gasteiger partial charge in [-0.1, -0.05) is 0 Å². The Morgan fingerprint density at radius 2 is 2.12 bits per heavy atom. The normalized spacial score (nSPS) is 18.0. The number of hydrogen-bond acceptors (Lipinski definition) is 6. The molecule has 1 aromatic heterocycles. The van der Waals surface area contributed by atoms with Crippen molar-refractivity contribution in [2.24, 2.45) is 5.92 Å². The van der Waals surface area contributed by atoms with Crippen LogP contribution in [0.25, 0.3) is 0 Å². The van der Waals surface area contributed by atoms with E-state index in [1.165, 1.54) is 6.42 Å². The van der Waals surface area contributed by atoms with E-state index in [1.807, 2.05) is 31.9 Å². The van der Waals surface area contributed by atoms with E-state index < -0.39 is 5.60 Å². The monoisotopic (exact) mass is 381 g/mol. The van der Waals surface area contributed by atoms with Crippen LogP contribution >= 0.6 is 11.8 Å². The molecule has 0 N–H and O–H groups in total. The van der Waals surface area contributed by atoms with Crippen LogP contribution in [0.5, 0.6) is 0 Å². The van der Waals surface area contributed by atoms with E-state index in [0.717, 1.165) is 43.1 Å². The molecule has 2 rings (SSSR count). The fourth-order valence-electron chi connectivity index (χ4n) is 3.06. The van der Waals surface area contributed by atoms with E-state index >= 15 is 0 Å². The molecule has 6 nitrogen and oxygen atoms in total. The Labute approximate surface area is 161 Å². The number of carbonyl (C=O) groups excluding carboxylic acids is 1. The largest absolute Gasteiger partial charge is 0.444 e. The number of nitrogens with zero attached hydrogens (tertiary/aromatic N) is 3. The summed E-state index contributed by atoms with van der Waals surface area (Å²) in [5, 5.41) is 0.924. The maximum atomic E-state index is 12.2. The molecule has 0 aliphatic carbocycles. The maximum absolute atomic E-state index is 12.2. The summed E-state index contributed by atoms with van der Waals surface area (Å²) in [5.41, 5.74) is 0.460. The van der Waals surface area contributed by atoms with E-state index in [0.29, 0.717) is 19.1 Å². The molecule has 0 aromatic carbocycles. The van der Waals surface area contributed by atoms with Crippen LogP contribution in [0.1, 0.15) is 52.1 Å². The minimum Gasteiger partial charge on any atom is -0.444 e. The predicted molar refractivity (Wildman–Crippen MR) is 103 cm³/mol. The third kappa shape index (κ3) is 7.11. The van der Waals surface area contributed by atoms with Crippen molar-refractivity contribution in [2.45, 2.75) is 63.7 Å². The van der Waals surface area contributed by atoms with Crippen LogP contribution in [-0.4, -0.2) is 52.5 Å². The second-order valence-electron chi connectivity index (χ2n) is 7.64. The Morgan fingerprint density at radius 3 is 2.85 bits per heavy atom. The standard InChI is InChI=1S/C19H31N3O3S/c1-19(2,3)25-18(23)22-11-5-7-15(13-22)8-6-12-24-14-16-17(26-4)21-10-9-20-16/h9-10,15H,5-8,11-14H2,1-4H3. The minimum absolute atomic E-state index is 0.189. The number of likely N-dealkylation sites (tertiary alicyclic amines) is 1. The zero-order valence-corrected chi connectivity index (χ0v) is 17.2. The molecule has 1 saturated heterocycles. The molecule has 2 heterocycles. The Hall–Kier alpha value is -1.34. The molecule has 0 bridgehead atoms. The van der Waals surface area contributed by atoms with Crippen LogP contribution in [0.3, 0.4) is 0 Å². The van der Waals surface area contributed by atoms with Gasteiger partial charge < -0.3 is 14.4 Å². The number of hydrogen-bond donors (Lipinski definition) is 0. The van der Waals surface area contributed by atoms with Gasteiger partial charge in [-0.3, -0.25) is 4.98 Å². The second kappa shape index (κ2) is 10.1. The van der Waals surface area contributed by atoms with Crippen LogP contribution in [0.15, 0.2) is 17.4 Å². The quantitative estimate of drug-likeness (QED) is 0.522. The van der Waals surface area contributed by atoms with Crippen molar-refractivity contribution in [3.8, 4) is 0 Å². The highest BCUT2D eigenvalue weighted by Crippen LogP contribution is 2.23. The molecule has 26 heavy (non-hydrogen) atoms. The topological polar surface area (TPSA) is 64.6 Å². The molecule has 0 radical (unpaired) electrons. The first kappa shape index (κ1) is 21.0. The molecule has 7 heteroatoms. The fraction of sp³-hybridized carbons (Fsp3) is 0.737. The van der Waals surface area contributed by atoms with Gasteiger partial charge in [0.2, 0.25) is 0 Å². The summed E-state index contributed by atoms with van der Waals surface area (Å²) in [7, 11) is 0. The number of piperidine rings is 1. The molecule has 1 aliphatic rings. The predicted octanol–water partition coefficient (Wildman–Crippen LogP) is 4.14. The number of rotatable bonds is 7. The number of ether oxygens (including phenoxy) is 2. The van der Waals surface area contributed by atoms with Gasteiger partial charge in [-0.2, -0.15) is 0 Å². The summed E-state index contributed by atoms with van der Waals surface area (Å²) >= 11 is 1.59. The van der Waals surface area contributed by atoms with Crippen LogP contribution in [-0.2, 0) is 16.1 Å². The Kier molecular flexibility index (Phi) is 8.15. The summed E-state index contributed by atoms with van der Waals surface area (Å²) in [6.45, 7) is 8.50. The SMILES string of the molecule is CSc1nccnc1COCCCC1CCCN(C(=O)OC(C)(C)C)C1. The van der Waals surface area contributed by atoms with Gasteiger partial charge in [0.15, 0.2) is 0 Å². The highest BCUT2D eigenvalue weighted by atomic mass is 32.2. The number of aromatic nitrogens is 2. The molecule has 0 spiro atoms. The lowest BCUT2D eigenvalue weighted by molar-refractivity contribution is 0.0154. The summed E-state index contributed by atoms with van der Waals surface area (Å²) in [6, 6.07) is 0. The Balaban J connectivity index is 1.67. The molecular weight excluding hydrogens is 350 g/mol. The van der Waals surface area contributed by atoms with E-state index in [1.54, 1.807) is 24.2 Å². The maximum Gasteiger partial charge on any atom is 0.410 e. The van der Waals surface area contributed by atoms with Crippen molar-refractivity contribution in [3.05, 3.63) is 18.1 Å². The van der Waals surface area contributed by atoms with Crippen molar-refractivity contribution in [3.63, 3.8) is 0 Å². The zero-order valence-electron chi connectivity index (χ0n) is 16.4. The molecule has 1 fully saturated rings.